The van der Waals surface area contributed by atoms with Gasteiger partial charge < -0.3 is 15.8 Å². The summed E-state index contributed by atoms with van der Waals surface area (Å²) in [5.74, 6) is 0.757. The number of amides is 2. The molecule has 0 bridgehead atoms. The zero-order valence-corrected chi connectivity index (χ0v) is 17.4. The van der Waals surface area contributed by atoms with Gasteiger partial charge in [-0.05, 0) is 35.4 Å². The number of rotatable bonds is 4. The van der Waals surface area contributed by atoms with Crippen LogP contribution in [0.1, 0.15) is 18.0 Å². The number of hydrogen-bond donors (Lipinski definition) is 2. The average molecular weight is 430 g/mol. The molecule has 5 rings (SSSR count). The van der Waals surface area contributed by atoms with E-state index in [1.807, 2.05) is 66.9 Å². The molecule has 0 spiro atoms. The first-order valence-electron chi connectivity index (χ1n) is 10.2. The molecule has 32 heavy (non-hydrogen) atoms. The van der Waals surface area contributed by atoms with Gasteiger partial charge in [-0.3, -0.25) is 4.84 Å². The minimum Gasteiger partial charge on any atom is -0.495 e. The second kappa shape index (κ2) is 8.20. The van der Waals surface area contributed by atoms with Crippen LogP contribution in [0.25, 0.3) is 16.8 Å². The average Bonchev–Trinajstić information content (AvgIpc) is 3.45. The maximum atomic E-state index is 13.1. The third kappa shape index (κ3) is 3.69. The first-order chi connectivity index (χ1) is 15.6. The lowest BCUT2D eigenvalue weighted by Crippen LogP contribution is -2.33. The monoisotopic (exact) mass is 430 g/mol. The number of fused-ring (bicyclic) bond motifs is 1. The Morgan fingerprint density at radius 1 is 1.16 bits per heavy atom. The number of anilines is 2. The molecule has 0 aliphatic carbocycles. The number of carbonyl (C=O) groups excluding carboxylic acids is 1. The van der Waals surface area contributed by atoms with E-state index in [-0.39, 0.29) is 18.0 Å². The summed E-state index contributed by atoms with van der Waals surface area (Å²) in [5, 5.41) is 8.49. The van der Waals surface area contributed by atoms with Gasteiger partial charge in [-0.15, -0.1) is 5.10 Å². The molecule has 2 amide bonds. The number of nitrogens with one attached hydrogen (secondary N) is 1. The molecular formula is C23H22N6O3. The number of ether oxygens (including phenoxy) is 1. The molecule has 1 unspecified atom stereocenters. The van der Waals surface area contributed by atoms with Crippen LogP contribution in [-0.4, -0.2) is 39.4 Å². The molecule has 3 heterocycles. The Balaban J connectivity index is 1.43. The third-order valence-electron chi connectivity index (χ3n) is 5.41. The summed E-state index contributed by atoms with van der Waals surface area (Å²) in [5.41, 5.74) is 9.67. The Hall–Kier alpha value is -4.11. The van der Waals surface area contributed by atoms with Crippen LogP contribution < -0.4 is 15.8 Å². The van der Waals surface area contributed by atoms with E-state index in [0.29, 0.717) is 23.7 Å². The number of urea groups is 1. The molecule has 1 atom stereocenters. The Morgan fingerprint density at radius 3 is 2.78 bits per heavy atom. The summed E-state index contributed by atoms with van der Waals surface area (Å²) in [6.45, 7) is 0.477. The van der Waals surface area contributed by atoms with Crippen LogP contribution in [0, 0.1) is 0 Å². The molecule has 1 aliphatic rings. The predicted octanol–water partition coefficient (Wildman–Crippen LogP) is 3.90. The van der Waals surface area contributed by atoms with E-state index in [1.54, 1.807) is 11.6 Å². The lowest BCUT2D eigenvalue weighted by Gasteiger charge is -2.23. The molecule has 0 saturated carbocycles. The summed E-state index contributed by atoms with van der Waals surface area (Å²) < 4.78 is 7.09. The minimum absolute atomic E-state index is 0.148. The number of benzene rings is 2. The molecule has 9 nitrogen and oxygen atoms in total. The number of nitrogens with two attached hydrogens (primary N) is 1. The topological polar surface area (TPSA) is 107 Å². The highest BCUT2D eigenvalue weighted by molar-refractivity contribution is 5.92. The van der Waals surface area contributed by atoms with Crippen LogP contribution in [0.3, 0.4) is 0 Å². The molecule has 4 aromatic rings. The van der Waals surface area contributed by atoms with Crippen molar-refractivity contribution in [1.82, 2.24) is 19.7 Å². The largest absolute Gasteiger partial charge is 0.495 e. The summed E-state index contributed by atoms with van der Waals surface area (Å²) in [4.78, 5) is 22.9. The Kier molecular flexibility index (Phi) is 5.08. The van der Waals surface area contributed by atoms with E-state index in [1.165, 1.54) is 5.06 Å². The Bertz CT molecular complexity index is 1270. The zero-order chi connectivity index (χ0) is 22.1. The number of pyridine rings is 1. The van der Waals surface area contributed by atoms with Gasteiger partial charge >= 0.3 is 6.03 Å². The fraction of sp³-hybridized carbons (Fsp3) is 0.174. The number of nitrogen functional groups attached to an aromatic ring is 1. The zero-order valence-electron chi connectivity index (χ0n) is 17.4. The van der Waals surface area contributed by atoms with Crippen molar-refractivity contribution in [2.24, 2.45) is 0 Å². The highest BCUT2D eigenvalue weighted by Crippen LogP contribution is 2.34. The van der Waals surface area contributed by atoms with Crippen LogP contribution >= 0.6 is 0 Å². The van der Waals surface area contributed by atoms with Crippen LogP contribution in [0.4, 0.5) is 16.4 Å². The summed E-state index contributed by atoms with van der Waals surface area (Å²) >= 11 is 0. The van der Waals surface area contributed by atoms with Gasteiger partial charge in [-0.1, -0.05) is 36.4 Å². The van der Waals surface area contributed by atoms with E-state index >= 15 is 0 Å². The van der Waals surface area contributed by atoms with Crippen molar-refractivity contribution in [1.29, 1.82) is 0 Å². The van der Waals surface area contributed by atoms with Gasteiger partial charge in [-0.2, -0.15) is 10.0 Å². The van der Waals surface area contributed by atoms with Gasteiger partial charge in [-0.25, -0.2) is 9.31 Å². The van der Waals surface area contributed by atoms with Gasteiger partial charge in [0, 0.05) is 18.2 Å². The molecule has 162 valence electrons. The number of hydroxylamine groups is 2. The maximum absolute atomic E-state index is 13.1. The van der Waals surface area contributed by atoms with Crippen LogP contribution in [-0.2, 0) is 4.84 Å². The number of methoxy groups -OCH3 is 1. The second-order valence-electron chi connectivity index (χ2n) is 7.41. The Morgan fingerprint density at radius 2 is 1.97 bits per heavy atom. The number of carbonyl (C=O) groups is 1. The standard InChI is InChI=1S/C23H22N6O3/c1-31-20-9-7-16(17-8-10-21-26-22(24)27-28(21)14-17)13-18(20)25-23(30)29-19(11-12-32-29)15-5-3-2-4-6-15/h2-10,13-14,19H,11-12H2,1H3,(H2,24,27)(H,25,30). The summed E-state index contributed by atoms with van der Waals surface area (Å²) in [6.07, 6.45) is 2.57. The molecule has 2 aromatic heterocycles. The van der Waals surface area contributed by atoms with Crippen molar-refractivity contribution in [2.75, 3.05) is 24.8 Å². The van der Waals surface area contributed by atoms with Crippen molar-refractivity contribution >= 4 is 23.3 Å². The van der Waals surface area contributed by atoms with Gasteiger partial charge in [0.1, 0.15) is 5.75 Å². The van der Waals surface area contributed by atoms with Crippen molar-refractivity contribution in [3.05, 3.63) is 72.4 Å². The quantitative estimate of drug-likeness (QED) is 0.509. The summed E-state index contributed by atoms with van der Waals surface area (Å²) in [7, 11) is 1.56. The Labute approximate surface area is 184 Å². The van der Waals surface area contributed by atoms with E-state index in [9.17, 15) is 4.79 Å². The molecule has 9 heteroatoms. The fourth-order valence-electron chi connectivity index (χ4n) is 3.87. The van der Waals surface area contributed by atoms with Crippen molar-refractivity contribution in [2.45, 2.75) is 12.5 Å². The summed E-state index contributed by atoms with van der Waals surface area (Å²) in [6, 6.07) is 18.7. The van der Waals surface area contributed by atoms with Crippen LogP contribution in [0.15, 0.2) is 66.9 Å². The van der Waals surface area contributed by atoms with Crippen LogP contribution in [0.2, 0.25) is 0 Å². The molecular weight excluding hydrogens is 408 g/mol. The second-order valence-corrected chi connectivity index (χ2v) is 7.41. The van der Waals surface area contributed by atoms with Crippen molar-refractivity contribution in [3.63, 3.8) is 0 Å². The van der Waals surface area contributed by atoms with E-state index in [0.717, 1.165) is 23.1 Å². The normalized spacial score (nSPS) is 15.8. The van der Waals surface area contributed by atoms with Gasteiger partial charge in [0.25, 0.3) is 0 Å². The first-order valence-corrected chi connectivity index (χ1v) is 10.2. The molecule has 3 N–H and O–H groups in total. The molecule has 1 fully saturated rings. The smallest absolute Gasteiger partial charge is 0.346 e. The van der Waals surface area contributed by atoms with Crippen molar-refractivity contribution in [3.8, 4) is 16.9 Å². The first kappa shape index (κ1) is 19.8. The van der Waals surface area contributed by atoms with Gasteiger partial charge in [0.2, 0.25) is 5.95 Å². The molecule has 0 radical (unpaired) electrons. The lowest BCUT2D eigenvalue weighted by molar-refractivity contribution is -0.0829. The SMILES string of the molecule is COc1ccc(-c2ccc3nc(N)nn3c2)cc1NC(=O)N1OCCC1c1ccccc1. The molecule has 1 aliphatic heterocycles. The maximum Gasteiger partial charge on any atom is 0.346 e. The third-order valence-corrected chi connectivity index (χ3v) is 5.41. The highest BCUT2D eigenvalue weighted by Gasteiger charge is 2.32. The van der Waals surface area contributed by atoms with Gasteiger partial charge in [0.15, 0.2) is 5.65 Å². The van der Waals surface area contributed by atoms with E-state index in [4.69, 9.17) is 15.3 Å². The lowest BCUT2D eigenvalue weighted by atomic mass is 10.0. The molecule has 1 saturated heterocycles. The van der Waals surface area contributed by atoms with Crippen molar-refractivity contribution < 1.29 is 14.4 Å². The van der Waals surface area contributed by atoms with E-state index < -0.39 is 0 Å². The fourth-order valence-corrected chi connectivity index (χ4v) is 3.87. The number of nitrogens with zero attached hydrogens (tertiary/aromatic N) is 4. The number of aromatic nitrogens is 3. The number of hydrogen-bond acceptors (Lipinski definition) is 6. The minimum atomic E-state index is -0.355. The van der Waals surface area contributed by atoms with Gasteiger partial charge in [0.05, 0.1) is 25.4 Å². The predicted molar refractivity (Wildman–Crippen MR) is 120 cm³/mol. The highest BCUT2D eigenvalue weighted by atomic mass is 16.7. The molecule has 2 aromatic carbocycles. The van der Waals surface area contributed by atoms with E-state index in [2.05, 4.69) is 15.4 Å². The van der Waals surface area contributed by atoms with Crippen LogP contribution in [0.5, 0.6) is 5.75 Å².